The maximum absolute atomic E-state index is 12.0. The number of aromatic nitrogens is 2. The highest BCUT2D eigenvalue weighted by Crippen LogP contribution is 2.21. The van der Waals surface area contributed by atoms with Gasteiger partial charge in [0.25, 0.3) is 0 Å². The van der Waals surface area contributed by atoms with Crippen molar-refractivity contribution in [1.82, 2.24) is 15.1 Å². The summed E-state index contributed by atoms with van der Waals surface area (Å²) < 4.78 is 37.3. The zero-order valence-electron chi connectivity index (χ0n) is 9.38. The molecule has 0 saturated carbocycles. The smallest absolute Gasteiger partial charge is 0.313 e. The molecule has 0 aliphatic heterocycles. The van der Waals surface area contributed by atoms with Gasteiger partial charge in [-0.2, -0.15) is 18.3 Å². The molecule has 0 aromatic carbocycles. The maximum atomic E-state index is 12.0. The summed E-state index contributed by atoms with van der Waals surface area (Å²) in [5.41, 5.74) is 0.923. The molecule has 1 heterocycles. The Hall–Kier alpha value is -1.04. The molecule has 0 radical (unpaired) electrons. The molecule has 0 amide bonds. The van der Waals surface area contributed by atoms with E-state index in [0.29, 0.717) is 0 Å². The molecule has 0 bridgehead atoms. The SMILES string of the molecule is CCC(NC)c1cnn(CCC(F)(F)F)c1. The zero-order chi connectivity index (χ0) is 12.2. The average molecular weight is 235 g/mol. The van der Waals surface area contributed by atoms with Crippen LogP contribution in [0.4, 0.5) is 13.2 Å². The number of hydrogen-bond acceptors (Lipinski definition) is 2. The van der Waals surface area contributed by atoms with Crippen LogP contribution >= 0.6 is 0 Å². The first kappa shape index (κ1) is 13.0. The van der Waals surface area contributed by atoms with E-state index in [-0.39, 0.29) is 12.6 Å². The second-order valence-electron chi connectivity index (χ2n) is 3.65. The molecule has 1 aromatic rings. The third-order valence-corrected chi connectivity index (χ3v) is 2.44. The summed E-state index contributed by atoms with van der Waals surface area (Å²) >= 11 is 0. The van der Waals surface area contributed by atoms with Gasteiger partial charge < -0.3 is 5.32 Å². The van der Waals surface area contributed by atoms with Crippen molar-refractivity contribution in [2.24, 2.45) is 0 Å². The number of rotatable bonds is 5. The van der Waals surface area contributed by atoms with Crippen LogP contribution in [0.2, 0.25) is 0 Å². The molecule has 1 unspecified atom stereocenters. The topological polar surface area (TPSA) is 29.9 Å². The molecule has 6 heteroatoms. The van der Waals surface area contributed by atoms with Crippen LogP contribution in [0, 0.1) is 0 Å². The van der Waals surface area contributed by atoms with Gasteiger partial charge in [0.1, 0.15) is 0 Å². The van der Waals surface area contributed by atoms with E-state index in [1.807, 2.05) is 14.0 Å². The van der Waals surface area contributed by atoms with Crippen LogP contribution in [0.3, 0.4) is 0 Å². The van der Waals surface area contributed by atoms with Crippen molar-refractivity contribution in [2.45, 2.75) is 38.5 Å². The molecular formula is C10H16F3N3. The Kier molecular flexibility index (Phi) is 4.35. The monoisotopic (exact) mass is 235 g/mol. The highest BCUT2D eigenvalue weighted by atomic mass is 19.4. The van der Waals surface area contributed by atoms with Crippen LogP contribution in [0.15, 0.2) is 12.4 Å². The van der Waals surface area contributed by atoms with Gasteiger partial charge in [-0.15, -0.1) is 0 Å². The summed E-state index contributed by atoms with van der Waals surface area (Å²) in [7, 11) is 1.82. The van der Waals surface area contributed by atoms with Crippen LogP contribution in [0.1, 0.15) is 31.4 Å². The van der Waals surface area contributed by atoms with Crippen LogP contribution < -0.4 is 5.32 Å². The molecule has 1 aromatic heterocycles. The summed E-state index contributed by atoms with van der Waals surface area (Å²) in [5.74, 6) is 0. The summed E-state index contributed by atoms with van der Waals surface area (Å²) in [6.07, 6.45) is -0.817. The van der Waals surface area contributed by atoms with Gasteiger partial charge in [-0.05, 0) is 13.5 Å². The Labute approximate surface area is 92.6 Å². The van der Waals surface area contributed by atoms with E-state index in [1.165, 1.54) is 4.68 Å². The van der Waals surface area contributed by atoms with Crippen molar-refractivity contribution >= 4 is 0 Å². The summed E-state index contributed by atoms with van der Waals surface area (Å²) in [6.45, 7) is 1.89. The molecule has 0 aliphatic rings. The second kappa shape index (κ2) is 5.34. The van der Waals surface area contributed by atoms with Gasteiger partial charge in [0.05, 0.1) is 12.6 Å². The van der Waals surface area contributed by atoms with Crippen LogP contribution in [0.5, 0.6) is 0 Å². The molecule has 92 valence electrons. The Balaban J connectivity index is 2.58. The second-order valence-corrected chi connectivity index (χ2v) is 3.65. The molecule has 1 rings (SSSR count). The first-order valence-electron chi connectivity index (χ1n) is 5.22. The lowest BCUT2D eigenvalue weighted by Gasteiger charge is -2.10. The zero-order valence-corrected chi connectivity index (χ0v) is 9.38. The average Bonchev–Trinajstić information content (AvgIpc) is 2.65. The molecule has 0 saturated heterocycles. The summed E-state index contributed by atoms with van der Waals surface area (Å²) in [6, 6.07) is 0.152. The normalized spacial score (nSPS) is 14.1. The third-order valence-electron chi connectivity index (χ3n) is 2.44. The number of aryl methyl sites for hydroxylation is 1. The Morgan fingerprint density at radius 1 is 1.50 bits per heavy atom. The fraction of sp³-hybridized carbons (Fsp3) is 0.700. The van der Waals surface area contributed by atoms with Crippen molar-refractivity contribution in [3.63, 3.8) is 0 Å². The van der Waals surface area contributed by atoms with E-state index in [1.54, 1.807) is 12.4 Å². The minimum absolute atomic E-state index is 0.121. The molecule has 1 atom stereocenters. The number of hydrogen-bond donors (Lipinski definition) is 1. The van der Waals surface area contributed by atoms with Crippen LogP contribution in [-0.2, 0) is 6.54 Å². The molecule has 16 heavy (non-hydrogen) atoms. The Morgan fingerprint density at radius 2 is 2.19 bits per heavy atom. The van der Waals surface area contributed by atoms with Gasteiger partial charge >= 0.3 is 6.18 Å². The van der Waals surface area contributed by atoms with Crippen molar-refractivity contribution in [1.29, 1.82) is 0 Å². The fourth-order valence-corrected chi connectivity index (χ4v) is 1.53. The van der Waals surface area contributed by atoms with Gasteiger partial charge in [0.2, 0.25) is 0 Å². The largest absolute Gasteiger partial charge is 0.390 e. The third kappa shape index (κ3) is 3.84. The molecule has 0 spiro atoms. The van der Waals surface area contributed by atoms with Crippen LogP contribution in [0.25, 0.3) is 0 Å². The van der Waals surface area contributed by atoms with Crippen molar-refractivity contribution < 1.29 is 13.2 Å². The lowest BCUT2D eigenvalue weighted by molar-refractivity contribution is -0.137. The van der Waals surface area contributed by atoms with Crippen molar-refractivity contribution in [2.75, 3.05) is 7.05 Å². The number of halogens is 3. The lowest BCUT2D eigenvalue weighted by Crippen LogP contribution is -2.15. The molecular weight excluding hydrogens is 219 g/mol. The quantitative estimate of drug-likeness (QED) is 0.849. The van der Waals surface area contributed by atoms with E-state index in [4.69, 9.17) is 0 Å². The van der Waals surface area contributed by atoms with E-state index >= 15 is 0 Å². The summed E-state index contributed by atoms with van der Waals surface area (Å²) in [4.78, 5) is 0. The van der Waals surface area contributed by atoms with E-state index < -0.39 is 12.6 Å². The molecule has 3 nitrogen and oxygen atoms in total. The number of alkyl halides is 3. The fourth-order valence-electron chi connectivity index (χ4n) is 1.53. The van der Waals surface area contributed by atoms with Gasteiger partial charge in [-0.3, -0.25) is 4.68 Å². The molecule has 1 N–H and O–H groups in total. The van der Waals surface area contributed by atoms with Crippen LogP contribution in [-0.4, -0.2) is 23.0 Å². The van der Waals surface area contributed by atoms with Gasteiger partial charge in [0, 0.05) is 24.3 Å². The predicted molar refractivity (Wildman–Crippen MR) is 55.0 cm³/mol. The molecule has 0 aliphatic carbocycles. The van der Waals surface area contributed by atoms with Gasteiger partial charge in [0.15, 0.2) is 0 Å². The minimum Gasteiger partial charge on any atom is -0.313 e. The van der Waals surface area contributed by atoms with E-state index in [2.05, 4.69) is 10.4 Å². The van der Waals surface area contributed by atoms with Gasteiger partial charge in [-0.1, -0.05) is 6.92 Å². The van der Waals surface area contributed by atoms with Gasteiger partial charge in [-0.25, -0.2) is 0 Å². The first-order chi connectivity index (χ1) is 7.46. The Morgan fingerprint density at radius 3 is 2.69 bits per heavy atom. The summed E-state index contributed by atoms with van der Waals surface area (Å²) in [5, 5.41) is 6.99. The lowest BCUT2D eigenvalue weighted by atomic mass is 10.1. The standard InChI is InChI=1S/C10H16F3N3/c1-3-9(14-2)8-6-15-16(7-8)5-4-10(11,12)13/h6-7,9,14H,3-5H2,1-2H3. The Bertz CT molecular complexity index is 315. The number of nitrogens with zero attached hydrogens (tertiary/aromatic N) is 2. The van der Waals surface area contributed by atoms with E-state index in [9.17, 15) is 13.2 Å². The van der Waals surface area contributed by atoms with Crippen molar-refractivity contribution in [3.05, 3.63) is 18.0 Å². The molecule has 0 fully saturated rings. The highest BCUT2D eigenvalue weighted by Gasteiger charge is 2.26. The van der Waals surface area contributed by atoms with Crippen molar-refractivity contribution in [3.8, 4) is 0 Å². The predicted octanol–water partition coefficient (Wildman–Crippen LogP) is 2.51. The maximum Gasteiger partial charge on any atom is 0.390 e. The highest BCUT2D eigenvalue weighted by molar-refractivity contribution is 5.09. The number of nitrogens with one attached hydrogen (secondary N) is 1. The van der Waals surface area contributed by atoms with E-state index in [0.717, 1.165) is 12.0 Å². The first-order valence-corrected chi connectivity index (χ1v) is 5.22. The minimum atomic E-state index is -4.13.